The molecule has 1 heterocycles. The molecule has 0 saturated carbocycles. The van der Waals surface area contributed by atoms with E-state index in [1.54, 1.807) is 0 Å². The molecule has 1 aromatic heterocycles. The Morgan fingerprint density at radius 3 is 2.71 bits per heavy atom. The minimum absolute atomic E-state index is 0.171. The van der Waals surface area contributed by atoms with Crippen LogP contribution in [0.1, 0.15) is 37.8 Å². The highest BCUT2D eigenvalue weighted by Gasteiger charge is 2.16. The first-order valence-corrected chi connectivity index (χ1v) is 7.22. The second-order valence-corrected chi connectivity index (χ2v) is 5.36. The van der Waals surface area contributed by atoms with Crippen LogP contribution in [0.2, 0.25) is 5.02 Å². The van der Waals surface area contributed by atoms with Crippen molar-refractivity contribution in [2.24, 2.45) is 5.84 Å². The summed E-state index contributed by atoms with van der Waals surface area (Å²) in [5.41, 5.74) is 4.46. The summed E-state index contributed by atoms with van der Waals surface area (Å²) in [4.78, 5) is 8.34. The second kappa shape index (κ2) is 6.74. The molecular formula is C15H19ClN4O. The van der Waals surface area contributed by atoms with Crippen LogP contribution in [0.5, 0.6) is 11.6 Å². The average molecular weight is 307 g/mol. The Labute approximate surface area is 129 Å². The largest absolute Gasteiger partial charge is 0.439 e. The summed E-state index contributed by atoms with van der Waals surface area (Å²) in [5.74, 6) is 7.44. The molecule has 0 aliphatic carbocycles. The average Bonchev–Trinajstić information content (AvgIpc) is 2.48. The smallest absolute Gasteiger partial charge is 0.227 e. The third kappa shape index (κ3) is 3.43. The number of hydrogen-bond donors (Lipinski definition) is 2. The highest BCUT2D eigenvalue weighted by molar-refractivity contribution is 6.31. The molecule has 2 aromatic rings. The molecule has 21 heavy (non-hydrogen) atoms. The summed E-state index contributed by atoms with van der Waals surface area (Å²) >= 11 is 6.12. The molecule has 0 aliphatic rings. The SMILES string of the molecule is CCc1cc(Oc2ncnc(NN)c2C(C)C)ccc1Cl. The summed E-state index contributed by atoms with van der Waals surface area (Å²) in [6.07, 6.45) is 2.26. The Balaban J connectivity index is 2.39. The van der Waals surface area contributed by atoms with Gasteiger partial charge in [0.05, 0.1) is 5.56 Å². The lowest BCUT2D eigenvalue weighted by Gasteiger charge is -2.16. The minimum atomic E-state index is 0.171. The number of ether oxygens (including phenoxy) is 1. The highest BCUT2D eigenvalue weighted by Crippen LogP contribution is 2.33. The van der Waals surface area contributed by atoms with Crippen molar-refractivity contribution in [1.82, 2.24) is 9.97 Å². The second-order valence-electron chi connectivity index (χ2n) is 4.95. The summed E-state index contributed by atoms with van der Waals surface area (Å²) in [6, 6.07) is 5.57. The number of benzene rings is 1. The van der Waals surface area contributed by atoms with E-state index in [2.05, 4.69) is 15.4 Å². The molecule has 1 aromatic carbocycles. The normalized spacial score (nSPS) is 10.8. The molecule has 0 aliphatic heterocycles. The van der Waals surface area contributed by atoms with Gasteiger partial charge >= 0.3 is 0 Å². The number of aromatic nitrogens is 2. The zero-order chi connectivity index (χ0) is 15.4. The predicted octanol–water partition coefficient (Wildman–Crippen LogP) is 3.89. The Bertz CT molecular complexity index is 631. The van der Waals surface area contributed by atoms with Gasteiger partial charge in [0.25, 0.3) is 0 Å². The van der Waals surface area contributed by atoms with Crippen molar-refractivity contribution in [3.63, 3.8) is 0 Å². The fraction of sp³-hybridized carbons (Fsp3) is 0.333. The van der Waals surface area contributed by atoms with E-state index < -0.39 is 0 Å². The molecule has 0 bridgehead atoms. The molecule has 3 N–H and O–H groups in total. The number of hydrazine groups is 1. The lowest BCUT2D eigenvalue weighted by atomic mass is 10.1. The number of nitrogens with two attached hydrogens (primary N) is 1. The maximum absolute atomic E-state index is 6.12. The van der Waals surface area contributed by atoms with E-state index in [4.69, 9.17) is 22.2 Å². The number of rotatable bonds is 5. The lowest BCUT2D eigenvalue weighted by molar-refractivity contribution is 0.451. The van der Waals surface area contributed by atoms with Gasteiger partial charge in [-0.1, -0.05) is 32.4 Å². The van der Waals surface area contributed by atoms with Crippen LogP contribution in [0.15, 0.2) is 24.5 Å². The maximum atomic E-state index is 6.12. The van der Waals surface area contributed by atoms with Gasteiger partial charge in [-0.3, -0.25) is 0 Å². The number of aryl methyl sites for hydroxylation is 1. The number of nitrogens with zero attached hydrogens (tertiary/aromatic N) is 2. The Morgan fingerprint density at radius 2 is 2.10 bits per heavy atom. The molecule has 6 heteroatoms. The van der Waals surface area contributed by atoms with E-state index in [0.717, 1.165) is 22.6 Å². The van der Waals surface area contributed by atoms with Crippen molar-refractivity contribution >= 4 is 17.4 Å². The molecule has 0 spiro atoms. The standard InChI is InChI=1S/C15H19ClN4O/c1-4-10-7-11(5-6-12(10)16)21-15-13(9(2)3)14(20-17)18-8-19-15/h5-9H,4,17H2,1-3H3,(H,18,19,20). The summed E-state index contributed by atoms with van der Waals surface area (Å²) < 4.78 is 5.91. The van der Waals surface area contributed by atoms with Crippen LogP contribution in [0.4, 0.5) is 5.82 Å². The van der Waals surface area contributed by atoms with Crippen molar-refractivity contribution in [2.45, 2.75) is 33.1 Å². The molecule has 0 fully saturated rings. The predicted molar refractivity (Wildman–Crippen MR) is 84.8 cm³/mol. The third-order valence-corrected chi connectivity index (χ3v) is 3.54. The van der Waals surface area contributed by atoms with Crippen molar-refractivity contribution in [3.05, 3.63) is 40.7 Å². The molecule has 112 valence electrons. The maximum Gasteiger partial charge on any atom is 0.227 e. The number of anilines is 1. The Kier molecular flexibility index (Phi) is 4.98. The molecular weight excluding hydrogens is 288 g/mol. The first kappa shape index (κ1) is 15.5. The first-order valence-electron chi connectivity index (χ1n) is 6.84. The fourth-order valence-corrected chi connectivity index (χ4v) is 2.34. The van der Waals surface area contributed by atoms with Crippen molar-refractivity contribution in [2.75, 3.05) is 5.43 Å². The van der Waals surface area contributed by atoms with Crippen molar-refractivity contribution in [3.8, 4) is 11.6 Å². The molecule has 5 nitrogen and oxygen atoms in total. The first-order chi connectivity index (χ1) is 10.1. The van der Waals surface area contributed by atoms with E-state index in [1.165, 1.54) is 6.33 Å². The lowest BCUT2D eigenvalue weighted by Crippen LogP contribution is -2.13. The molecule has 0 saturated heterocycles. The zero-order valence-corrected chi connectivity index (χ0v) is 13.1. The van der Waals surface area contributed by atoms with Gasteiger partial charge < -0.3 is 10.2 Å². The van der Waals surface area contributed by atoms with Crippen LogP contribution in [0, 0.1) is 0 Å². The van der Waals surface area contributed by atoms with E-state index in [-0.39, 0.29) is 5.92 Å². The number of nitrogen functional groups attached to an aromatic ring is 1. The van der Waals surface area contributed by atoms with Gasteiger partial charge in [-0.25, -0.2) is 15.8 Å². The van der Waals surface area contributed by atoms with Crippen molar-refractivity contribution in [1.29, 1.82) is 0 Å². The fourth-order valence-electron chi connectivity index (χ4n) is 2.09. The summed E-state index contributed by atoms with van der Waals surface area (Å²) in [6.45, 7) is 6.11. The number of hydrogen-bond acceptors (Lipinski definition) is 5. The van der Waals surface area contributed by atoms with Gasteiger partial charge in [-0.15, -0.1) is 0 Å². The topological polar surface area (TPSA) is 73.1 Å². The van der Waals surface area contributed by atoms with E-state index in [9.17, 15) is 0 Å². The molecule has 0 amide bonds. The third-order valence-electron chi connectivity index (χ3n) is 3.17. The van der Waals surface area contributed by atoms with Crippen LogP contribution < -0.4 is 16.0 Å². The summed E-state index contributed by atoms with van der Waals surface area (Å²) in [5, 5.41) is 0.737. The zero-order valence-electron chi connectivity index (χ0n) is 12.4. The van der Waals surface area contributed by atoms with E-state index >= 15 is 0 Å². The van der Waals surface area contributed by atoms with Crippen molar-refractivity contribution < 1.29 is 4.74 Å². The van der Waals surface area contributed by atoms with Gasteiger partial charge in [-0.05, 0) is 36.1 Å². The Morgan fingerprint density at radius 1 is 1.33 bits per heavy atom. The van der Waals surface area contributed by atoms with Crippen LogP contribution in [0.25, 0.3) is 0 Å². The van der Waals surface area contributed by atoms with Gasteiger partial charge in [-0.2, -0.15) is 0 Å². The van der Waals surface area contributed by atoms with Gasteiger partial charge in [0.1, 0.15) is 12.1 Å². The summed E-state index contributed by atoms with van der Waals surface area (Å²) in [7, 11) is 0. The van der Waals surface area contributed by atoms with E-state index in [1.807, 2.05) is 39.0 Å². The highest BCUT2D eigenvalue weighted by atomic mass is 35.5. The monoisotopic (exact) mass is 306 g/mol. The molecule has 0 atom stereocenters. The van der Waals surface area contributed by atoms with Gasteiger partial charge in [0, 0.05) is 5.02 Å². The van der Waals surface area contributed by atoms with Gasteiger partial charge in [0.2, 0.25) is 5.88 Å². The molecule has 2 rings (SSSR count). The van der Waals surface area contributed by atoms with Gasteiger partial charge in [0.15, 0.2) is 5.82 Å². The number of nitrogens with one attached hydrogen (secondary N) is 1. The minimum Gasteiger partial charge on any atom is -0.439 e. The number of halogens is 1. The molecule has 0 radical (unpaired) electrons. The van der Waals surface area contributed by atoms with Crippen LogP contribution in [-0.4, -0.2) is 9.97 Å². The molecule has 0 unspecified atom stereocenters. The van der Waals surface area contributed by atoms with Crippen LogP contribution in [-0.2, 0) is 6.42 Å². The van der Waals surface area contributed by atoms with Crippen LogP contribution >= 0.6 is 11.6 Å². The quantitative estimate of drug-likeness (QED) is 0.647. The van der Waals surface area contributed by atoms with Crippen LogP contribution in [0.3, 0.4) is 0 Å². The van der Waals surface area contributed by atoms with E-state index in [0.29, 0.717) is 17.4 Å². The Hall–Kier alpha value is -1.85.